The van der Waals surface area contributed by atoms with Gasteiger partial charge in [0.15, 0.2) is 0 Å². The van der Waals surface area contributed by atoms with Crippen LogP contribution in [-0.2, 0) is 10.0 Å². The summed E-state index contributed by atoms with van der Waals surface area (Å²) < 4.78 is 25.6. The van der Waals surface area contributed by atoms with Crippen molar-refractivity contribution in [2.75, 3.05) is 17.0 Å². The first-order valence-electron chi connectivity index (χ1n) is 5.97. The number of sulfonamides is 1. The second kappa shape index (κ2) is 5.86. The summed E-state index contributed by atoms with van der Waals surface area (Å²) in [6.07, 6.45) is 0. The van der Waals surface area contributed by atoms with E-state index >= 15 is 0 Å². The van der Waals surface area contributed by atoms with Gasteiger partial charge in [0.1, 0.15) is 0 Å². The van der Waals surface area contributed by atoms with Crippen molar-refractivity contribution >= 4 is 15.7 Å². The Hall–Kier alpha value is -1.85. The summed E-state index contributed by atoms with van der Waals surface area (Å²) in [6.45, 7) is 0.109. The minimum Gasteiger partial charge on any atom is -0.329 e. The van der Waals surface area contributed by atoms with Crippen molar-refractivity contribution in [3.8, 4) is 11.1 Å². The molecule has 3 N–H and O–H groups in total. The Labute approximate surface area is 113 Å². The van der Waals surface area contributed by atoms with Crippen molar-refractivity contribution in [3.63, 3.8) is 0 Å². The molecule has 0 amide bonds. The van der Waals surface area contributed by atoms with Crippen molar-refractivity contribution in [3.05, 3.63) is 54.6 Å². The lowest BCUT2D eigenvalue weighted by Gasteiger charge is -2.08. The van der Waals surface area contributed by atoms with Gasteiger partial charge in [-0.3, -0.25) is 4.72 Å². The predicted octanol–water partition coefficient (Wildman–Crippen LogP) is 2.05. The number of benzene rings is 2. The number of anilines is 1. The second-order valence-electron chi connectivity index (χ2n) is 4.15. The SMILES string of the molecule is NCCS(=O)(=O)Nc1ccc(-c2ccccc2)cc1. The zero-order valence-corrected chi connectivity index (χ0v) is 11.2. The van der Waals surface area contributed by atoms with Gasteiger partial charge in [-0.2, -0.15) is 0 Å². The van der Waals surface area contributed by atoms with Crippen LogP contribution in [0.15, 0.2) is 54.6 Å². The lowest BCUT2D eigenvalue weighted by atomic mass is 10.1. The molecule has 2 rings (SSSR count). The molecule has 0 radical (unpaired) electrons. The first kappa shape index (κ1) is 13.6. The molecule has 0 bridgehead atoms. The van der Waals surface area contributed by atoms with E-state index < -0.39 is 10.0 Å². The summed E-state index contributed by atoms with van der Waals surface area (Å²) in [5, 5.41) is 0. The normalized spacial score (nSPS) is 11.2. The minimum absolute atomic E-state index is 0.0760. The van der Waals surface area contributed by atoms with Gasteiger partial charge in [0.2, 0.25) is 10.0 Å². The number of hydrogen-bond acceptors (Lipinski definition) is 3. The van der Waals surface area contributed by atoms with Crippen LogP contribution in [0.2, 0.25) is 0 Å². The Morgan fingerprint density at radius 1 is 0.895 bits per heavy atom. The largest absolute Gasteiger partial charge is 0.329 e. The zero-order valence-electron chi connectivity index (χ0n) is 10.4. The van der Waals surface area contributed by atoms with Gasteiger partial charge in [0.05, 0.1) is 5.75 Å². The fraction of sp³-hybridized carbons (Fsp3) is 0.143. The molecule has 0 heterocycles. The van der Waals surface area contributed by atoms with Gasteiger partial charge in [-0.15, -0.1) is 0 Å². The second-order valence-corrected chi connectivity index (χ2v) is 5.99. The van der Waals surface area contributed by atoms with E-state index in [1.807, 2.05) is 42.5 Å². The third-order valence-corrected chi connectivity index (χ3v) is 3.97. The molecule has 0 saturated heterocycles. The van der Waals surface area contributed by atoms with Crippen molar-refractivity contribution in [2.45, 2.75) is 0 Å². The monoisotopic (exact) mass is 276 g/mol. The van der Waals surface area contributed by atoms with Crippen LogP contribution in [0.3, 0.4) is 0 Å². The quantitative estimate of drug-likeness (QED) is 0.878. The maximum absolute atomic E-state index is 11.6. The maximum atomic E-state index is 11.6. The highest BCUT2D eigenvalue weighted by atomic mass is 32.2. The summed E-state index contributed by atoms with van der Waals surface area (Å²) in [5.41, 5.74) is 7.94. The van der Waals surface area contributed by atoms with Crippen LogP contribution in [0.1, 0.15) is 0 Å². The van der Waals surface area contributed by atoms with Crippen molar-refractivity contribution in [1.29, 1.82) is 0 Å². The molecule has 0 spiro atoms. The van der Waals surface area contributed by atoms with Crippen molar-refractivity contribution < 1.29 is 8.42 Å². The highest BCUT2D eigenvalue weighted by Gasteiger charge is 2.08. The molecule has 0 aromatic heterocycles. The highest BCUT2D eigenvalue weighted by Crippen LogP contribution is 2.21. The first-order valence-corrected chi connectivity index (χ1v) is 7.62. The molecule has 0 aliphatic heterocycles. The van der Waals surface area contributed by atoms with E-state index in [9.17, 15) is 8.42 Å². The Balaban J connectivity index is 2.16. The Kier molecular flexibility index (Phi) is 4.19. The molecule has 0 fully saturated rings. The summed E-state index contributed by atoms with van der Waals surface area (Å²) in [4.78, 5) is 0. The average Bonchev–Trinajstić information content (AvgIpc) is 2.40. The number of hydrogen-bond donors (Lipinski definition) is 2. The average molecular weight is 276 g/mol. The van der Waals surface area contributed by atoms with Gasteiger partial charge >= 0.3 is 0 Å². The summed E-state index contributed by atoms with van der Waals surface area (Å²) in [5.74, 6) is -0.0760. The summed E-state index contributed by atoms with van der Waals surface area (Å²) in [6, 6.07) is 17.2. The van der Waals surface area contributed by atoms with Crippen LogP contribution < -0.4 is 10.5 Å². The molecule has 2 aromatic rings. The van der Waals surface area contributed by atoms with Crippen molar-refractivity contribution in [1.82, 2.24) is 0 Å². The lowest BCUT2D eigenvalue weighted by molar-refractivity contribution is 0.601. The first-order chi connectivity index (χ1) is 9.11. The molecule has 0 aliphatic rings. The molecule has 0 saturated carbocycles. The Morgan fingerprint density at radius 3 is 2.05 bits per heavy atom. The van der Waals surface area contributed by atoms with E-state index in [0.717, 1.165) is 11.1 Å². The van der Waals surface area contributed by atoms with Crippen LogP contribution in [-0.4, -0.2) is 20.7 Å². The topological polar surface area (TPSA) is 72.2 Å². The zero-order chi connectivity index (χ0) is 13.7. The van der Waals surface area contributed by atoms with E-state index in [4.69, 9.17) is 5.73 Å². The molecule has 0 atom stereocenters. The van der Waals surface area contributed by atoms with Gasteiger partial charge in [0.25, 0.3) is 0 Å². The van der Waals surface area contributed by atoms with Gasteiger partial charge in [-0.1, -0.05) is 42.5 Å². The molecular weight excluding hydrogens is 260 g/mol. The number of rotatable bonds is 5. The summed E-state index contributed by atoms with van der Waals surface area (Å²) >= 11 is 0. The third-order valence-electron chi connectivity index (χ3n) is 2.65. The number of nitrogens with one attached hydrogen (secondary N) is 1. The molecule has 0 unspecified atom stereocenters. The number of nitrogens with two attached hydrogens (primary N) is 1. The highest BCUT2D eigenvalue weighted by molar-refractivity contribution is 7.92. The fourth-order valence-electron chi connectivity index (χ4n) is 1.75. The standard InChI is InChI=1S/C14H16N2O2S/c15-10-11-19(17,18)16-14-8-6-13(7-9-14)12-4-2-1-3-5-12/h1-9,16H,10-11,15H2. The van der Waals surface area contributed by atoms with Gasteiger partial charge < -0.3 is 5.73 Å². The molecular formula is C14H16N2O2S. The third kappa shape index (κ3) is 3.81. The molecule has 4 nitrogen and oxygen atoms in total. The molecule has 19 heavy (non-hydrogen) atoms. The van der Waals surface area contributed by atoms with Crippen LogP contribution in [0.25, 0.3) is 11.1 Å². The van der Waals surface area contributed by atoms with E-state index in [2.05, 4.69) is 4.72 Å². The van der Waals surface area contributed by atoms with E-state index in [-0.39, 0.29) is 12.3 Å². The van der Waals surface area contributed by atoms with Gasteiger partial charge in [-0.05, 0) is 23.3 Å². The fourth-order valence-corrected chi connectivity index (χ4v) is 2.65. The van der Waals surface area contributed by atoms with E-state index in [0.29, 0.717) is 5.69 Å². The van der Waals surface area contributed by atoms with Gasteiger partial charge in [-0.25, -0.2) is 8.42 Å². The van der Waals surface area contributed by atoms with Gasteiger partial charge in [0, 0.05) is 12.2 Å². The van der Waals surface area contributed by atoms with Crippen LogP contribution in [0.5, 0.6) is 0 Å². The predicted molar refractivity (Wildman–Crippen MR) is 78.3 cm³/mol. The molecule has 5 heteroatoms. The van der Waals surface area contributed by atoms with Crippen LogP contribution in [0.4, 0.5) is 5.69 Å². The lowest BCUT2D eigenvalue weighted by Crippen LogP contribution is -2.22. The smallest absolute Gasteiger partial charge is 0.233 e. The van der Waals surface area contributed by atoms with E-state index in [1.165, 1.54) is 0 Å². The Bertz CT molecular complexity index is 622. The van der Waals surface area contributed by atoms with Crippen LogP contribution >= 0.6 is 0 Å². The molecule has 2 aromatic carbocycles. The van der Waals surface area contributed by atoms with E-state index in [1.54, 1.807) is 12.1 Å². The van der Waals surface area contributed by atoms with Crippen LogP contribution in [0, 0.1) is 0 Å². The Morgan fingerprint density at radius 2 is 1.47 bits per heavy atom. The minimum atomic E-state index is -3.34. The summed E-state index contributed by atoms with van der Waals surface area (Å²) in [7, 11) is -3.34. The molecule has 0 aliphatic carbocycles. The van der Waals surface area contributed by atoms with Crippen molar-refractivity contribution in [2.24, 2.45) is 5.73 Å². The maximum Gasteiger partial charge on any atom is 0.233 e. The molecule has 100 valence electrons.